The molecule has 5 nitrogen and oxygen atoms in total. The van der Waals surface area contributed by atoms with Crippen LogP contribution in [-0.2, 0) is 0 Å². The number of hydrogen-bond acceptors (Lipinski definition) is 3. The van der Waals surface area contributed by atoms with Gasteiger partial charge in [0.15, 0.2) is 5.65 Å². The molecule has 0 atom stereocenters. The van der Waals surface area contributed by atoms with Crippen molar-refractivity contribution in [3.8, 4) is 0 Å². The standard InChI is InChI=1S/C10H12N4O/c1-6(2)7-3-4-9-12-5-8(10(11)15)14(9)13-7/h3-6H,1-2H3,(H2,11,15). The van der Waals surface area contributed by atoms with Crippen molar-refractivity contribution in [3.63, 3.8) is 0 Å². The monoisotopic (exact) mass is 204 g/mol. The molecule has 78 valence electrons. The van der Waals surface area contributed by atoms with E-state index in [-0.39, 0.29) is 0 Å². The SMILES string of the molecule is CC(C)c1ccc2ncc(C(N)=O)n2n1. The smallest absolute Gasteiger partial charge is 0.269 e. The fraction of sp³-hybridized carbons (Fsp3) is 0.300. The van der Waals surface area contributed by atoms with Gasteiger partial charge in [0.1, 0.15) is 5.69 Å². The van der Waals surface area contributed by atoms with Crippen molar-refractivity contribution in [2.45, 2.75) is 19.8 Å². The van der Waals surface area contributed by atoms with Crippen LogP contribution in [0.2, 0.25) is 0 Å². The lowest BCUT2D eigenvalue weighted by Crippen LogP contribution is -2.15. The first-order chi connectivity index (χ1) is 7.09. The summed E-state index contributed by atoms with van der Waals surface area (Å²) in [5.74, 6) is -0.214. The van der Waals surface area contributed by atoms with Crippen molar-refractivity contribution in [1.29, 1.82) is 0 Å². The number of rotatable bonds is 2. The minimum atomic E-state index is -0.518. The summed E-state index contributed by atoms with van der Waals surface area (Å²) in [6, 6.07) is 3.73. The van der Waals surface area contributed by atoms with E-state index >= 15 is 0 Å². The highest BCUT2D eigenvalue weighted by Crippen LogP contribution is 2.12. The number of imidazole rings is 1. The Morgan fingerprint density at radius 2 is 2.20 bits per heavy atom. The maximum absolute atomic E-state index is 11.1. The van der Waals surface area contributed by atoms with Gasteiger partial charge in [-0.25, -0.2) is 9.50 Å². The van der Waals surface area contributed by atoms with Crippen molar-refractivity contribution in [2.75, 3.05) is 0 Å². The second-order valence-corrected chi connectivity index (χ2v) is 3.69. The van der Waals surface area contributed by atoms with Crippen molar-refractivity contribution in [3.05, 3.63) is 29.7 Å². The number of primary amides is 1. The van der Waals surface area contributed by atoms with Gasteiger partial charge in [0.25, 0.3) is 5.91 Å². The molecule has 2 rings (SSSR count). The fourth-order valence-corrected chi connectivity index (χ4v) is 1.36. The van der Waals surface area contributed by atoms with Gasteiger partial charge in [0.2, 0.25) is 0 Å². The summed E-state index contributed by atoms with van der Waals surface area (Å²) < 4.78 is 1.48. The van der Waals surface area contributed by atoms with E-state index < -0.39 is 5.91 Å². The van der Waals surface area contributed by atoms with Crippen LogP contribution in [0.4, 0.5) is 0 Å². The van der Waals surface area contributed by atoms with Crippen molar-refractivity contribution in [2.24, 2.45) is 5.73 Å². The number of fused-ring (bicyclic) bond motifs is 1. The Bertz CT molecular complexity index is 515. The normalized spacial score (nSPS) is 11.1. The molecule has 0 saturated heterocycles. The molecular formula is C10H12N4O. The Morgan fingerprint density at radius 1 is 1.47 bits per heavy atom. The van der Waals surface area contributed by atoms with Gasteiger partial charge in [0.05, 0.1) is 11.9 Å². The number of nitrogens with zero attached hydrogens (tertiary/aromatic N) is 3. The highest BCUT2D eigenvalue weighted by Gasteiger charge is 2.10. The summed E-state index contributed by atoms with van der Waals surface area (Å²) in [6.07, 6.45) is 1.44. The molecule has 0 bridgehead atoms. The molecule has 0 aliphatic carbocycles. The maximum atomic E-state index is 11.1. The third-order valence-electron chi connectivity index (χ3n) is 2.23. The zero-order valence-corrected chi connectivity index (χ0v) is 8.64. The highest BCUT2D eigenvalue weighted by atomic mass is 16.1. The second kappa shape index (κ2) is 3.34. The molecule has 0 fully saturated rings. The lowest BCUT2D eigenvalue weighted by atomic mass is 10.1. The van der Waals surface area contributed by atoms with E-state index in [1.54, 1.807) is 0 Å². The average molecular weight is 204 g/mol. The van der Waals surface area contributed by atoms with Crippen LogP contribution in [0.15, 0.2) is 18.3 Å². The summed E-state index contributed by atoms with van der Waals surface area (Å²) in [4.78, 5) is 15.1. The van der Waals surface area contributed by atoms with E-state index in [0.717, 1.165) is 5.69 Å². The van der Waals surface area contributed by atoms with Crippen molar-refractivity contribution in [1.82, 2.24) is 14.6 Å². The fourth-order valence-electron chi connectivity index (χ4n) is 1.36. The summed E-state index contributed by atoms with van der Waals surface area (Å²) >= 11 is 0. The number of hydrogen-bond donors (Lipinski definition) is 1. The first kappa shape index (κ1) is 9.64. The second-order valence-electron chi connectivity index (χ2n) is 3.69. The maximum Gasteiger partial charge on any atom is 0.269 e. The molecule has 2 heterocycles. The summed E-state index contributed by atoms with van der Waals surface area (Å²) in [5.41, 5.74) is 7.06. The van der Waals surface area contributed by atoms with Crippen LogP contribution in [-0.4, -0.2) is 20.5 Å². The van der Waals surface area contributed by atoms with Crippen LogP contribution < -0.4 is 5.73 Å². The van der Waals surface area contributed by atoms with E-state index in [1.165, 1.54) is 10.7 Å². The first-order valence-electron chi connectivity index (χ1n) is 4.74. The minimum Gasteiger partial charge on any atom is -0.364 e. The molecule has 0 aliphatic heterocycles. The number of carbonyl (C=O) groups excluding carboxylic acids is 1. The predicted octanol–water partition coefficient (Wildman–Crippen LogP) is 0.952. The Balaban J connectivity index is 2.66. The third-order valence-corrected chi connectivity index (χ3v) is 2.23. The molecule has 5 heteroatoms. The molecule has 0 aliphatic rings. The number of amides is 1. The largest absolute Gasteiger partial charge is 0.364 e. The van der Waals surface area contributed by atoms with E-state index in [2.05, 4.69) is 10.1 Å². The molecule has 15 heavy (non-hydrogen) atoms. The van der Waals surface area contributed by atoms with E-state index in [4.69, 9.17) is 5.73 Å². The Labute approximate surface area is 86.9 Å². The number of carbonyl (C=O) groups is 1. The van der Waals surface area contributed by atoms with E-state index in [0.29, 0.717) is 17.3 Å². The molecule has 2 aromatic rings. The van der Waals surface area contributed by atoms with Crippen LogP contribution in [0, 0.1) is 0 Å². The molecule has 0 saturated carbocycles. The molecular weight excluding hydrogens is 192 g/mol. The van der Waals surface area contributed by atoms with Crippen LogP contribution in [0.1, 0.15) is 35.9 Å². The van der Waals surface area contributed by atoms with Crippen molar-refractivity contribution >= 4 is 11.6 Å². The van der Waals surface area contributed by atoms with Crippen LogP contribution in [0.25, 0.3) is 5.65 Å². The first-order valence-corrected chi connectivity index (χ1v) is 4.74. The average Bonchev–Trinajstić information content (AvgIpc) is 2.59. The molecule has 0 radical (unpaired) electrons. The molecule has 1 amide bonds. The third kappa shape index (κ3) is 1.56. The van der Waals surface area contributed by atoms with Gasteiger partial charge >= 0.3 is 0 Å². The highest BCUT2D eigenvalue weighted by molar-refractivity contribution is 5.91. The van der Waals surface area contributed by atoms with Crippen LogP contribution >= 0.6 is 0 Å². The van der Waals surface area contributed by atoms with Gasteiger partial charge in [0, 0.05) is 0 Å². The van der Waals surface area contributed by atoms with Gasteiger partial charge in [-0.1, -0.05) is 13.8 Å². The molecule has 0 unspecified atom stereocenters. The van der Waals surface area contributed by atoms with Gasteiger partial charge in [-0.2, -0.15) is 5.10 Å². The van der Waals surface area contributed by atoms with Gasteiger partial charge in [-0.05, 0) is 18.1 Å². The number of aromatic nitrogens is 3. The van der Waals surface area contributed by atoms with E-state index in [9.17, 15) is 4.79 Å². The Kier molecular flexibility index (Phi) is 2.15. The molecule has 2 N–H and O–H groups in total. The zero-order chi connectivity index (χ0) is 11.0. The Hall–Kier alpha value is -1.91. The van der Waals surface area contributed by atoms with E-state index in [1.807, 2.05) is 26.0 Å². The molecule has 2 aromatic heterocycles. The Morgan fingerprint density at radius 3 is 2.80 bits per heavy atom. The minimum absolute atomic E-state index is 0.303. The van der Waals surface area contributed by atoms with Gasteiger partial charge < -0.3 is 5.73 Å². The predicted molar refractivity (Wildman–Crippen MR) is 55.6 cm³/mol. The van der Waals surface area contributed by atoms with Gasteiger partial charge in [-0.3, -0.25) is 4.79 Å². The van der Waals surface area contributed by atoms with Crippen molar-refractivity contribution < 1.29 is 4.79 Å². The molecule has 0 spiro atoms. The lowest BCUT2D eigenvalue weighted by molar-refractivity contribution is 0.0993. The zero-order valence-electron chi connectivity index (χ0n) is 8.64. The summed E-state index contributed by atoms with van der Waals surface area (Å²) in [7, 11) is 0. The number of nitrogens with two attached hydrogens (primary N) is 1. The summed E-state index contributed by atoms with van der Waals surface area (Å²) in [6.45, 7) is 4.07. The van der Waals surface area contributed by atoms with Crippen LogP contribution in [0.5, 0.6) is 0 Å². The lowest BCUT2D eigenvalue weighted by Gasteiger charge is -2.04. The van der Waals surface area contributed by atoms with Gasteiger partial charge in [-0.15, -0.1) is 0 Å². The molecule has 0 aromatic carbocycles. The topological polar surface area (TPSA) is 73.3 Å². The quantitative estimate of drug-likeness (QED) is 0.791. The van der Waals surface area contributed by atoms with Crippen LogP contribution in [0.3, 0.4) is 0 Å². The summed E-state index contributed by atoms with van der Waals surface area (Å²) in [5, 5.41) is 4.31.